The summed E-state index contributed by atoms with van der Waals surface area (Å²) >= 11 is 0. The van der Waals surface area contributed by atoms with Gasteiger partial charge < -0.3 is 29.0 Å². The molecule has 3 heterocycles. The third kappa shape index (κ3) is 8.75. The summed E-state index contributed by atoms with van der Waals surface area (Å²) < 4.78 is 22.8. The van der Waals surface area contributed by atoms with Crippen LogP contribution in [-0.4, -0.2) is 125 Å². The lowest BCUT2D eigenvalue weighted by atomic mass is 9.94. The van der Waals surface area contributed by atoms with Crippen LogP contribution in [0.5, 0.6) is 0 Å². The molecule has 29 heavy (non-hydrogen) atoms. The number of hydrogen-bond acceptors (Lipinski definition) is 8. The van der Waals surface area contributed by atoms with Gasteiger partial charge in [-0.25, -0.2) is 0 Å². The van der Waals surface area contributed by atoms with E-state index >= 15 is 0 Å². The van der Waals surface area contributed by atoms with E-state index in [1.165, 1.54) is 0 Å². The van der Waals surface area contributed by atoms with Crippen LogP contribution in [0.2, 0.25) is 0 Å². The lowest BCUT2D eigenvalue weighted by Gasteiger charge is -2.35. The van der Waals surface area contributed by atoms with Crippen LogP contribution in [0.25, 0.3) is 0 Å². The third-order valence-corrected chi connectivity index (χ3v) is 6.29. The van der Waals surface area contributed by atoms with Gasteiger partial charge in [0.2, 0.25) is 0 Å². The smallest absolute Gasteiger partial charge is 0.154 e. The molecular formula is C21H41N3O5. The predicted octanol–water partition coefficient (Wildman–Crippen LogP) is 0.451. The molecule has 3 fully saturated rings. The van der Waals surface area contributed by atoms with Gasteiger partial charge in [0, 0.05) is 39.1 Å². The molecule has 2 unspecified atom stereocenters. The summed E-state index contributed by atoms with van der Waals surface area (Å²) in [4.78, 5) is 7.06. The number of likely N-dealkylation sites (tertiary alicyclic amines) is 1. The zero-order valence-electron chi connectivity index (χ0n) is 18.2. The van der Waals surface area contributed by atoms with Gasteiger partial charge in [-0.3, -0.25) is 9.80 Å². The first kappa shape index (κ1) is 23.3. The fraction of sp³-hybridized carbons (Fsp3) is 1.00. The maximum Gasteiger partial charge on any atom is 0.154 e. The van der Waals surface area contributed by atoms with Crippen molar-refractivity contribution >= 4 is 0 Å². The molecule has 0 aromatic heterocycles. The maximum atomic E-state index is 10.2. The minimum Gasteiger partial charge on any atom is -0.379 e. The Kier molecular flexibility index (Phi) is 10.6. The van der Waals surface area contributed by atoms with Gasteiger partial charge in [0.1, 0.15) is 6.23 Å². The Morgan fingerprint density at radius 1 is 0.966 bits per heavy atom. The predicted molar refractivity (Wildman–Crippen MR) is 111 cm³/mol. The van der Waals surface area contributed by atoms with E-state index in [-0.39, 0.29) is 6.23 Å². The van der Waals surface area contributed by atoms with Gasteiger partial charge in [0.15, 0.2) is 6.29 Å². The molecule has 0 saturated carbocycles. The Morgan fingerprint density at radius 3 is 2.52 bits per heavy atom. The van der Waals surface area contributed by atoms with Crippen molar-refractivity contribution in [3.05, 3.63) is 0 Å². The van der Waals surface area contributed by atoms with Crippen LogP contribution in [0.15, 0.2) is 0 Å². The van der Waals surface area contributed by atoms with Crippen LogP contribution in [0.1, 0.15) is 25.7 Å². The molecule has 0 aromatic carbocycles. The first-order valence-electron chi connectivity index (χ1n) is 11.4. The van der Waals surface area contributed by atoms with Crippen molar-refractivity contribution in [1.82, 2.24) is 14.7 Å². The lowest BCUT2D eigenvalue weighted by molar-refractivity contribution is -0.159. The molecule has 2 atom stereocenters. The lowest BCUT2D eigenvalue weighted by Crippen LogP contribution is -2.48. The minimum absolute atomic E-state index is 0.0111. The first-order valence-corrected chi connectivity index (χ1v) is 11.4. The summed E-state index contributed by atoms with van der Waals surface area (Å²) in [6.45, 7) is 11.2. The highest BCUT2D eigenvalue weighted by Gasteiger charge is 2.24. The van der Waals surface area contributed by atoms with Crippen LogP contribution in [0.4, 0.5) is 0 Å². The van der Waals surface area contributed by atoms with Crippen LogP contribution in [0.3, 0.4) is 0 Å². The number of aliphatic hydroxyl groups excluding tert-OH is 1. The molecule has 1 N–H and O–H groups in total. The molecule has 3 rings (SSSR count). The molecule has 8 heteroatoms. The summed E-state index contributed by atoms with van der Waals surface area (Å²) in [5.41, 5.74) is 0. The van der Waals surface area contributed by atoms with E-state index in [0.717, 1.165) is 97.9 Å². The van der Waals surface area contributed by atoms with Crippen molar-refractivity contribution in [2.24, 2.45) is 5.92 Å². The molecule has 0 aromatic rings. The van der Waals surface area contributed by atoms with E-state index in [1.807, 2.05) is 0 Å². The largest absolute Gasteiger partial charge is 0.379 e. The van der Waals surface area contributed by atoms with E-state index < -0.39 is 6.29 Å². The van der Waals surface area contributed by atoms with Gasteiger partial charge in [0.05, 0.1) is 39.6 Å². The van der Waals surface area contributed by atoms with Crippen molar-refractivity contribution < 1.29 is 24.1 Å². The van der Waals surface area contributed by atoms with E-state index in [0.29, 0.717) is 19.1 Å². The van der Waals surface area contributed by atoms with Gasteiger partial charge in [-0.2, -0.15) is 0 Å². The maximum absolute atomic E-state index is 10.2. The van der Waals surface area contributed by atoms with Gasteiger partial charge in [-0.15, -0.1) is 0 Å². The molecule has 0 spiro atoms. The fourth-order valence-electron chi connectivity index (χ4n) is 4.31. The molecule has 8 nitrogen and oxygen atoms in total. The molecule has 3 aliphatic rings. The topological polar surface area (TPSA) is 66.9 Å². The Labute approximate surface area is 176 Å². The zero-order valence-corrected chi connectivity index (χ0v) is 18.2. The number of nitrogens with zero attached hydrogens (tertiary/aromatic N) is 3. The molecule has 0 bridgehead atoms. The van der Waals surface area contributed by atoms with E-state index in [9.17, 15) is 5.11 Å². The van der Waals surface area contributed by atoms with Crippen molar-refractivity contribution in [2.75, 3.05) is 92.5 Å². The standard InChI is InChI=1S/C21H41N3O5/c1-22-6-3-19(4-7-22)17-21(25)29-16-11-24-10-15-27-18-20(24)28-12-2-5-23-8-13-26-14-9-23/h19-21,25H,2-18H2,1H3. The molecular weight excluding hydrogens is 374 g/mol. The highest BCUT2D eigenvalue weighted by atomic mass is 16.6. The molecule has 170 valence electrons. The van der Waals surface area contributed by atoms with Crippen molar-refractivity contribution in [1.29, 1.82) is 0 Å². The van der Waals surface area contributed by atoms with E-state index in [2.05, 4.69) is 21.7 Å². The highest BCUT2D eigenvalue weighted by Crippen LogP contribution is 2.21. The Morgan fingerprint density at radius 2 is 1.72 bits per heavy atom. The average Bonchev–Trinajstić information content (AvgIpc) is 2.74. The van der Waals surface area contributed by atoms with Crippen LogP contribution in [-0.2, 0) is 18.9 Å². The Bertz CT molecular complexity index is 431. The normalized spacial score (nSPS) is 27.3. The average molecular weight is 416 g/mol. The molecule has 0 radical (unpaired) electrons. The summed E-state index contributed by atoms with van der Waals surface area (Å²) in [5, 5.41) is 10.2. The first-order chi connectivity index (χ1) is 14.2. The Balaban J connectivity index is 1.26. The number of piperidine rings is 1. The van der Waals surface area contributed by atoms with Gasteiger partial charge in [-0.05, 0) is 45.3 Å². The van der Waals surface area contributed by atoms with Crippen LogP contribution >= 0.6 is 0 Å². The summed E-state index contributed by atoms with van der Waals surface area (Å²) in [6.07, 6.45) is 3.41. The zero-order chi connectivity index (χ0) is 20.3. The molecule has 3 aliphatic heterocycles. The summed E-state index contributed by atoms with van der Waals surface area (Å²) in [6, 6.07) is 0. The highest BCUT2D eigenvalue weighted by molar-refractivity contribution is 4.72. The van der Waals surface area contributed by atoms with E-state index in [4.69, 9.17) is 18.9 Å². The van der Waals surface area contributed by atoms with Gasteiger partial charge in [0.25, 0.3) is 0 Å². The van der Waals surface area contributed by atoms with E-state index in [1.54, 1.807) is 0 Å². The number of morpholine rings is 2. The SMILES string of the molecule is CN1CCC(CC(O)OCCN2CCOCC2OCCCN2CCOCC2)CC1. The quantitative estimate of drug-likeness (QED) is 0.385. The van der Waals surface area contributed by atoms with Crippen molar-refractivity contribution in [2.45, 2.75) is 38.2 Å². The van der Waals surface area contributed by atoms with Gasteiger partial charge in [-0.1, -0.05) is 0 Å². The Hall–Kier alpha value is -0.320. The van der Waals surface area contributed by atoms with Crippen LogP contribution < -0.4 is 0 Å². The summed E-state index contributed by atoms with van der Waals surface area (Å²) in [5.74, 6) is 0.576. The van der Waals surface area contributed by atoms with Crippen molar-refractivity contribution in [3.63, 3.8) is 0 Å². The molecule has 3 saturated heterocycles. The number of hydrogen-bond donors (Lipinski definition) is 1. The molecule has 0 aliphatic carbocycles. The number of ether oxygens (including phenoxy) is 4. The summed E-state index contributed by atoms with van der Waals surface area (Å²) in [7, 11) is 2.16. The minimum atomic E-state index is -0.655. The number of rotatable bonds is 11. The van der Waals surface area contributed by atoms with Gasteiger partial charge >= 0.3 is 0 Å². The molecule has 0 amide bonds. The van der Waals surface area contributed by atoms with Crippen molar-refractivity contribution in [3.8, 4) is 0 Å². The third-order valence-electron chi connectivity index (χ3n) is 6.29. The second kappa shape index (κ2) is 13.2. The van der Waals surface area contributed by atoms with Crippen LogP contribution in [0, 0.1) is 5.92 Å². The second-order valence-electron chi connectivity index (χ2n) is 8.55. The fourth-order valence-corrected chi connectivity index (χ4v) is 4.31. The monoisotopic (exact) mass is 415 g/mol. The number of aliphatic hydroxyl groups is 1. The second-order valence-corrected chi connectivity index (χ2v) is 8.55.